The molecule has 1 aromatic heterocycles. The van der Waals surface area contributed by atoms with Crippen LogP contribution in [0.15, 0.2) is 24.5 Å². The van der Waals surface area contributed by atoms with Crippen LogP contribution in [-0.2, 0) is 20.9 Å². The number of nitrogens with zero attached hydrogens (tertiary/aromatic N) is 2. The van der Waals surface area contributed by atoms with Crippen LogP contribution in [0.1, 0.15) is 37.7 Å². The second kappa shape index (κ2) is 6.08. The topological polar surface area (TPSA) is 51.7 Å². The van der Waals surface area contributed by atoms with Crippen LogP contribution in [-0.4, -0.2) is 52.9 Å². The van der Waals surface area contributed by atoms with Crippen LogP contribution in [0.5, 0.6) is 0 Å². The quantitative estimate of drug-likeness (QED) is 0.847. The van der Waals surface area contributed by atoms with Gasteiger partial charge in [0, 0.05) is 25.4 Å². The zero-order valence-electron chi connectivity index (χ0n) is 13.7. The first kappa shape index (κ1) is 16.0. The maximum Gasteiger partial charge on any atom is 0.260 e. The predicted octanol–water partition coefficient (Wildman–Crippen LogP) is 2.25. The van der Waals surface area contributed by atoms with Crippen molar-refractivity contribution in [1.82, 2.24) is 9.88 Å². The first-order valence-electron chi connectivity index (χ1n) is 8.71. The van der Waals surface area contributed by atoms with Gasteiger partial charge in [-0.3, -0.25) is 9.78 Å². The van der Waals surface area contributed by atoms with E-state index in [0.29, 0.717) is 39.1 Å². The number of aromatic nitrogens is 1. The highest BCUT2D eigenvalue weighted by atomic mass is 19.1. The van der Waals surface area contributed by atoms with E-state index in [0.717, 1.165) is 24.8 Å². The molecule has 0 aromatic carbocycles. The number of ether oxygens (including phenoxy) is 2. The number of amides is 1. The lowest BCUT2D eigenvalue weighted by Crippen LogP contribution is -2.70. The number of halogens is 1. The van der Waals surface area contributed by atoms with Crippen molar-refractivity contribution in [1.29, 1.82) is 0 Å². The van der Waals surface area contributed by atoms with Crippen LogP contribution < -0.4 is 0 Å². The molecule has 0 unspecified atom stereocenters. The number of pyridine rings is 1. The molecule has 1 atom stereocenters. The van der Waals surface area contributed by atoms with Gasteiger partial charge in [-0.1, -0.05) is 6.07 Å². The zero-order valence-corrected chi connectivity index (χ0v) is 13.7. The van der Waals surface area contributed by atoms with Gasteiger partial charge in [-0.2, -0.15) is 0 Å². The van der Waals surface area contributed by atoms with Gasteiger partial charge in [-0.25, -0.2) is 4.39 Å². The summed E-state index contributed by atoms with van der Waals surface area (Å²) in [6.45, 7) is 2.14. The summed E-state index contributed by atoms with van der Waals surface area (Å²) in [4.78, 5) is 17.9. The first-order chi connectivity index (χ1) is 11.6. The lowest BCUT2D eigenvalue weighted by molar-refractivity contribution is -0.210. The maximum atomic E-state index is 14.2. The molecule has 3 fully saturated rings. The van der Waals surface area contributed by atoms with Gasteiger partial charge in [0.15, 0.2) is 5.67 Å². The van der Waals surface area contributed by atoms with Crippen LogP contribution in [0, 0.1) is 0 Å². The molecule has 1 aliphatic carbocycles. The minimum atomic E-state index is -1.60. The summed E-state index contributed by atoms with van der Waals surface area (Å²) < 4.78 is 26.2. The molecular formula is C18H23FN2O3. The Balaban J connectivity index is 1.29. The number of carbonyl (C=O) groups excluding carboxylic acids is 1. The Kier molecular flexibility index (Phi) is 4.04. The fourth-order valence-electron chi connectivity index (χ4n) is 3.82. The molecule has 6 heteroatoms. The number of hydrogen-bond donors (Lipinski definition) is 0. The van der Waals surface area contributed by atoms with Crippen LogP contribution >= 0.6 is 0 Å². The first-order valence-corrected chi connectivity index (χ1v) is 8.71. The van der Waals surface area contributed by atoms with E-state index in [2.05, 4.69) is 4.98 Å². The third-order valence-electron chi connectivity index (χ3n) is 5.43. The van der Waals surface area contributed by atoms with Gasteiger partial charge in [-0.15, -0.1) is 0 Å². The molecule has 3 heterocycles. The van der Waals surface area contributed by atoms with Crippen LogP contribution in [0.25, 0.3) is 0 Å². The SMILES string of the molecule is O=C(N1CC2(C[C@H](OCc3cccnc3)CCO2)C1)C1(F)CCC1. The molecule has 1 amide bonds. The van der Waals surface area contributed by atoms with Gasteiger partial charge in [0.05, 0.1) is 25.8 Å². The molecule has 0 N–H and O–H groups in total. The largest absolute Gasteiger partial charge is 0.373 e. The summed E-state index contributed by atoms with van der Waals surface area (Å²) in [5.41, 5.74) is -0.895. The molecule has 1 saturated carbocycles. The van der Waals surface area contributed by atoms with E-state index in [1.54, 1.807) is 17.3 Å². The summed E-state index contributed by atoms with van der Waals surface area (Å²) in [5, 5.41) is 0. The van der Waals surface area contributed by atoms with Gasteiger partial charge in [0.25, 0.3) is 5.91 Å². The van der Waals surface area contributed by atoms with Crippen molar-refractivity contribution in [3.63, 3.8) is 0 Å². The fraction of sp³-hybridized carbons (Fsp3) is 0.667. The number of rotatable bonds is 4. The minimum absolute atomic E-state index is 0.110. The summed E-state index contributed by atoms with van der Waals surface area (Å²) >= 11 is 0. The lowest BCUT2D eigenvalue weighted by Gasteiger charge is -2.54. The van der Waals surface area contributed by atoms with E-state index in [-0.39, 0.29) is 17.6 Å². The minimum Gasteiger partial charge on any atom is -0.373 e. The second-order valence-corrected chi connectivity index (χ2v) is 7.30. The van der Waals surface area contributed by atoms with Crippen molar-refractivity contribution in [2.45, 2.75) is 56.1 Å². The van der Waals surface area contributed by atoms with Crippen LogP contribution in [0.4, 0.5) is 4.39 Å². The Morgan fingerprint density at radius 1 is 1.46 bits per heavy atom. The van der Waals surface area contributed by atoms with Crippen molar-refractivity contribution in [3.8, 4) is 0 Å². The highest BCUT2D eigenvalue weighted by molar-refractivity contribution is 5.87. The van der Waals surface area contributed by atoms with E-state index in [1.165, 1.54) is 0 Å². The van der Waals surface area contributed by atoms with Gasteiger partial charge in [-0.05, 0) is 37.3 Å². The molecule has 4 rings (SSSR count). The number of carbonyl (C=O) groups is 1. The van der Waals surface area contributed by atoms with E-state index in [1.807, 2.05) is 12.1 Å². The van der Waals surface area contributed by atoms with E-state index in [4.69, 9.17) is 9.47 Å². The molecule has 5 nitrogen and oxygen atoms in total. The number of hydrogen-bond acceptors (Lipinski definition) is 4. The molecular weight excluding hydrogens is 311 g/mol. The smallest absolute Gasteiger partial charge is 0.260 e. The normalized spacial score (nSPS) is 27.4. The summed E-state index contributed by atoms with van der Waals surface area (Å²) in [5.74, 6) is -0.346. The van der Waals surface area contributed by atoms with Crippen molar-refractivity contribution in [2.75, 3.05) is 19.7 Å². The molecule has 0 bridgehead atoms. The average molecular weight is 334 g/mol. The molecule has 130 valence electrons. The van der Waals surface area contributed by atoms with Crippen molar-refractivity contribution >= 4 is 5.91 Å². The highest BCUT2D eigenvalue weighted by Gasteiger charge is 2.55. The molecule has 24 heavy (non-hydrogen) atoms. The standard InChI is InChI=1S/C18H23FN2O3/c19-18(5-2-6-18)16(22)21-12-17(13-21)9-15(4-8-24-17)23-11-14-3-1-7-20-10-14/h1,3,7,10,15H,2,4-6,8-9,11-13H2/t15-/m1/s1. The monoisotopic (exact) mass is 334 g/mol. The Hall–Kier alpha value is -1.53. The number of alkyl halides is 1. The van der Waals surface area contributed by atoms with E-state index >= 15 is 0 Å². The van der Waals surface area contributed by atoms with Crippen LogP contribution in [0.3, 0.4) is 0 Å². The third kappa shape index (κ3) is 2.93. The Morgan fingerprint density at radius 2 is 2.29 bits per heavy atom. The molecule has 3 aliphatic rings. The van der Waals surface area contributed by atoms with Crippen molar-refractivity contribution < 1.29 is 18.7 Å². The van der Waals surface area contributed by atoms with Crippen LogP contribution in [0.2, 0.25) is 0 Å². The summed E-state index contributed by atoms with van der Waals surface area (Å²) in [6.07, 6.45) is 6.81. The lowest BCUT2D eigenvalue weighted by atomic mass is 9.78. The Labute approximate surface area is 141 Å². The molecule has 2 saturated heterocycles. The van der Waals surface area contributed by atoms with Gasteiger partial charge >= 0.3 is 0 Å². The molecule has 1 aromatic rings. The fourth-order valence-corrected chi connectivity index (χ4v) is 3.82. The maximum absolute atomic E-state index is 14.2. The second-order valence-electron chi connectivity index (χ2n) is 7.30. The third-order valence-corrected chi connectivity index (χ3v) is 5.43. The van der Waals surface area contributed by atoms with Gasteiger partial charge in [0.2, 0.25) is 0 Å². The molecule has 1 spiro atoms. The van der Waals surface area contributed by atoms with Gasteiger partial charge in [0.1, 0.15) is 5.60 Å². The zero-order chi connectivity index (χ0) is 16.6. The Bertz CT molecular complexity index is 600. The number of likely N-dealkylation sites (tertiary alicyclic amines) is 1. The van der Waals surface area contributed by atoms with Gasteiger partial charge < -0.3 is 14.4 Å². The summed E-state index contributed by atoms with van der Waals surface area (Å²) in [7, 11) is 0. The van der Waals surface area contributed by atoms with Crippen molar-refractivity contribution in [3.05, 3.63) is 30.1 Å². The van der Waals surface area contributed by atoms with E-state index in [9.17, 15) is 9.18 Å². The molecule has 2 aliphatic heterocycles. The predicted molar refractivity (Wildman–Crippen MR) is 85.0 cm³/mol. The Morgan fingerprint density at radius 3 is 2.96 bits per heavy atom. The molecule has 0 radical (unpaired) electrons. The summed E-state index contributed by atoms with van der Waals surface area (Å²) in [6, 6.07) is 3.89. The highest BCUT2D eigenvalue weighted by Crippen LogP contribution is 2.42. The van der Waals surface area contributed by atoms with E-state index < -0.39 is 5.67 Å². The average Bonchev–Trinajstić information content (AvgIpc) is 2.56. The van der Waals surface area contributed by atoms with Crippen molar-refractivity contribution in [2.24, 2.45) is 0 Å².